The lowest BCUT2D eigenvalue weighted by Gasteiger charge is -2.20. The Hall–Kier alpha value is -2.76. The largest absolute Gasteiger partial charge is 0.350 e. The first-order valence-electron chi connectivity index (χ1n) is 9.41. The Kier molecular flexibility index (Phi) is 6.52. The molecule has 1 aromatic heterocycles. The normalized spacial score (nSPS) is 14.5. The number of amides is 2. The second kappa shape index (κ2) is 9.26. The summed E-state index contributed by atoms with van der Waals surface area (Å²) in [6.07, 6.45) is 6.45. The summed E-state index contributed by atoms with van der Waals surface area (Å²) in [5, 5.41) is 2.80. The molecule has 27 heavy (non-hydrogen) atoms. The summed E-state index contributed by atoms with van der Waals surface area (Å²) >= 11 is 0. The molecule has 1 saturated heterocycles. The lowest BCUT2D eigenvalue weighted by atomic mass is 10.1. The van der Waals surface area contributed by atoms with E-state index in [-0.39, 0.29) is 23.3 Å². The number of halogens is 1. The van der Waals surface area contributed by atoms with E-state index >= 15 is 0 Å². The highest BCUT2D eigenvalue weighted by Crippen LogP contribution is 2.14. The molecule has 0 radical (unpaired) electrons. The maximum atomic E-state index is 12.9. The monoisotopic (exact) mass is 369 g/mol. The van der Waals surface area contributed by atoms with Crippen LogP contribution in [0.1, 0.15) is 52.1 Å². The van der Waals surface area contributed by atoms with Gasteiger partial charge in [0.2, 0.25) is 0 Å². The topological polar surface area (TPSA) is 62.3 Å². The van der Waals surface area contributed by atoms with Crippen LogP contribution in [0.5, 0.6) is 0 Å². The number of carbonyl (C=O) groups is 2. The molecule has 0 unspecified atom stereocenters. The fraction of sp³-hybridized carbons (Fsp3) is 0.381. The van der Waals surface area contributed by atoms with Gasteiger partial charge in [-0.1, -0.05) is 25.0 Å². The van der Waals surface area contributed by atoms with Crippen molar-refractivity contribution in [3.05, 3.63) is 65.2 Å². The first-order chi connectivity index (χ1) is 13.1. The lowest BCUT2D eigenvalue weighted by Crippen LogP contribution is -2.32. The van der Waals surface area contributed by atoms with E-state index in [1.807, 2.05) is 4.90 Å². The standard InChI is InChI=1S/C21H24FN3O2/c22-18-7-5-16(6-8-18)9-11-24-20(26)19-15-17(10-12-23-19)21(27)25-13-3-1-2-4-14-25/h5-8,10,12,15H,1-4,9,11,13-14H2,(H,24,26). The Bertz CT molecular complexity index is 784. The number of pyridine rings is 1. The molecule has 1 N–H and O–H groups in total. The predicted octanol–water partition coefficient (Wildman–Crippen LogP) is 3.21. The molecule has 0 atom stereocenters. The SMILES string of the molecule is O=C(NCCc1ccc(F)cc1)c1cc(C(=O)N2CCCCCC2)ccn1. The molecule has 142 valence electrons. The van der Waals surface area contributed by atoms with Crippen LogP contribution in [-0.4, -0.2) is 41.3 Å². The van der Waals surface area contributed by atoms with Crippen molar-refractivity contribution in [2.45, 2.75) is 32.1 Å². The van der Waals surface area contributed by atoms with Gasteiger partial charge in [0.15, 0.2) is 0 Å². The summed E-state index contributed by atoms with van der Waals surface area (Å²) in [4.78, 5) is 31.0. The maximum absolute atomic E-state index is 12.9. The van der Waals surface area contributed by atoms with Crippen molar-refractivity contribution in [2.75, 3.05) is 19.6 Å². The van der Waals surface area contributed by atoms with Crippen molar-refractivity contribution in [3.8, 4) is 0 Å². The molecule has 0 bridgehead atoms. The number of benzene rings is 1. The Morgan fingerprint density at radius 3 is 2.44 bits per heavy atom. The molecule has 0 saturated carbocycles. The quantitative estimate of drug-likeness (QED) is 0.880. The molecule has 6 heteroatoms. The number of aromatic nitrogens is 1. The number of nitrogens with zero attached hydrogens (tertiary/aromatic N) is 2. The second-order valence-corrected chi connectivity index (χ2v) is 6.77. The van der Waals surface area contributed by atoms with Gasteiger partial charge in [-0.05, 0) is 49.1 Å². The van der Waals surface area contributed by atoms with E-state index in [0.29, 0.717) is 18.5 Å². The number of likely N-dealkylation sites (tertiary alicyclic amines) is 1. The zero-order valence-corrected chi connectivity index (χ0v) is 15.3. The van der Waals surface area contributed by atoms with Gasteiger partial charge in [-0.3, -0.25) is 14.6 Å². The summed E-state index contributed by atoms with van der Waals surface area (Å²) in [6, 6.07) is 9.40. The number of rotatable bonds is 5. The Morgan fingerprint density at radius 2 is 1.74 bits per heavy atom. The molecule has 2 amide bonds. The fourth-order valence-corrected chi connectivity index (χ4v) is 3.21. The van der Waals surface area contributed by atoms with E-state index in [9.17, 15) is 14.0 Å². The average Bonchev–Trinajstić information content (AvgIpc) is 2.98. The van der Waals surface area contributed by atoms with E-state index < -0.39 is 0 Å². The van der Waals surface area contributed by atoms with Crippen LogP contribution in [0.3, 0.4) is 0 Å². The molecule has 1 aromatic carbocycles. The third-order valence-corrected chi connectivity index (χ3v) is 4.75. The minimum absolute atomic E-state index is 0.0420. The molecule has 1 fully saturated rings. The molecule has 3 rings (SSSR count). The molecule has 1 aliphatic heterocycles. The Balaban J connectivity index is 1.57. The van der Waals surface area contributed by atoms with Gasteiger partial charge in [-0.2, -0.15) is 0 Å². The zero-order valence-electron chi connectivity index (χ0n) is 15.3. The van der Waals surface area contributed by atoms with E-state index in [0.717, 1.165) is 44.3 Å². The zero-order chi connectivity index (χ0) is 19.1. The van der Waals surface area contributed by atoms with Gasteiger partial charge in [0.05, 0.1) is 0 Å². The lowest BCUT2D eigenvalue weighted by molar-refractivity contribution is 0.0761. The highest BCUT2D eigenvalue weighted by molar-refractivity contribution is 5.98. The van der Waals surface area contributed by atoms with Crippen LogP contribution in [0.25, 0.3) is 0 Å². The van der Waals surface area contributed by atoms with E-state index in [4.69, 9.17) is 0 Å². The number of hydrogen-bond donors (Lipinski definition) is 1. The first kappa shape index (κ1) is 19.0. The molecule has 0 spiro atoms. The summed E-state index contributed by atoms with van der Waals surface area (Å²) in [5.74, 6) is -0.639. The molecule has 2 aromatic rings. The molecule has 2 heterocycles. The van der Waals surface area contributed by atoms with Crippen molar-refractivity contribution >= 4 is 11.8 Å². The summed E-state index contributed by atoms with van der Waals surface area (Å²) < 4.78 is 12.9. The van der Waals surface area contributed by atoms with Gasteiger partial charge in [-0.25, -0.2) is 4.39 Å². The van der Waals surface area contributed by atoms with Crippen LogP contribution < -0.4 is 5.32 Å². The molecular weight excluding hydrogens is 345 g/mol. The van der Waals surface area contributed by atoms with Gasteiger partial charge in [-0.15, -0.1) is 0 Å². The minimum Gasteiger partial charge on any atom is -0.350 e. The van der Waals surface area contributed by atoms with Crippen LogP contribution >= 0.6 is 0 Å². The number of nitrogens with one attached hydrogen (secondary N) is 1. The van der Waals surface area contributed by atoms with Crippen molar-refractivity contribution in [2.24, 2.45) is 0 Å². The van der Waals surface area contributed by atoms with Crippen molar-refractivity contribution in [3.63, 3.8) is 0 Å². The number of hydrogen-bond acceptors (Lipinski definition) is 3. The highest BCUT2D eigenvalue weighted by Gasteiger charge is 2.18. The molecule has 0 aliphatic carbocycles. The molecule has 1 aliphatic rings. The van der Waals surface area contributed by atoms with Crippen molar-refractivity contribution < 1.29 is 14.0 Å². The fourth-order valence-electron chi connectivity index (χ4n) is 3.21. The van der Waals surface area contributed by atoms with Crippen LogP contribution in [0.4, 0.5) is 4.39 Å². The van der Waals surface area contributed by atoms with E-state index in [1.165, 1.54) is 18.3 Å². The first-order valence-corrected chi connectivity index (χ1v) is 9.41. The average molecular weight is 369 g/mol. The number of carbonyl (C=O) groups excluding carboxylic acids is 2. The minimum atomic E-state index is -0.317. The van der Waals surface area contributed by atoms with Crippen molar-refractivity contribution in [1.29, 1.82) is 0 Å². The predicted molar refractivity (Wildman–Crippen MR) is 101 cm³/mol. The maximum Gasteiger partial charge on any atom is 0.269 e. The van der Waals surface area contributed by atoms with Crippen LogP contribution in [0.15, 0.2) is 42.6 Å². The van der Waals surface area contributed by atoms with E-state index in [2.05, 4.69) is 10.3 Å². The van der Waals surface area contributed by atoms with Gasteiger partial charge >= 0.3 is 0 Å². The molecular formula is C21H24FN3O2. The third-order valence-electron chi connectivity index (χ3n) is 4.75. The Labute approximate surface area is 158 Å². The van der Waals surface area contributed by atoms with Gasteiger partial charge < -0.3 is 10.2 Å². The van der Waals surface area contributed by atoms with Gasteiger partial charge in [0, 0.05) is 31.4 Å². The van der Waals surface area contributed by atoms with Crippen LogP contribution in [0, 0.1) is 5.82 Å². The Morgan fingerprint density at radius 1 is 1.04 bits per heavy atom. The summed E-state index contributed by atoms with van der Waals surface area (Å²) in [7, 11) is 0. The highest BCUT2D eigenvalue weighted by atomic mass is 19.1. The van der Waals surface area contributed by atoms with Gasteiger partial charge in [0.25, 0.3) is 11.8 Å². The van der Waals surface area contributed by atoms with Crippen LogP contribution in [0.2, 0.25) is 0 Å². The van der Waals surface area contributed by atoms with Gasteiger partial charge in [0.1, 0.15) is 11.5 Å². The van der Waals surface area contributed by atoms with Crippen LogP contribution in [-0.2, 0) is 6.42 Å². The third kappa shape index (κ3) is 5.36. The second-order valence-electron chi connectivity index (χ2n) is 6.77. The summed E-state index contributed by atoms with van der Waals surface area (Å²) in [6.45, 7) is 1.94. The summed E-state index contributed by atoms with van der Waals surface area (Å²) in [5.41, 5.74) is 1.67. The smallest absolute Gasteiger partial charge is 0.269 e. The van der Waals surface area contributed by atoms with Crippen molar-refractivity contribution in [1.82, 2.24) is 15.2 Å². The van der Waals surface area contributed by atoms with E-state index in [1.54, 1.807) is 24.3 Å². The molecule has 5 nitrogen and oxygen atoms in total.